The number of hydrogen-bond acceptors (Lipinski definition) is 3. The van der Waals surface area contributed by atoms with E-state index in [-0.39, 0.29) is 25.4 Å². The molecular weight excluding hydrogens is 144 g/mol. The zero-order chi connectivity index (χ0) is 7.84. The molecule has 1 heterocycles. The maximum atomic E-state index is 8.90. The van der Waals surface area contributed by atoms with Gasteiger partial charge in [0, 0.05) is 25.0 Å². The van der Waals surface area contributed by atoms with Crippen molar-refractivity contribution in [1.29, 1.82) is 0 Å². The van der Waals surface area contributed by atoms with E-state index in [1.165, 1.54) is 0 Å². The van der Waals surface area contributed by atoms with Crippen LogP contribution in [0.3, 0.4) is 0 Å². The van der Waals surface area contributed by atoms with Gasteiger partial charge in [0.05, 0.1) is 12.2 Å². The zero-order valence-electron chi connectivity index (χ0n) is 6.44. The van der Waals surface area contributed by atoms with E-state index < -0.39 is 0 Å². The van der Waals surface area contributed by atoms with Gasteiger partial charge in [0.15, 0.2) is 0 Å². The van der Waals surface area contributed by atoms with Crippen molar-refractivity contribution in [3.63, 3.8) is 0 Å². The highest BCUT2D eigenvalue weighted by molar-refractivity contribution is 4.98. The average Bonchev–Trinajstić information content (AvgIpc) is 2.81. The summed E-state index contributed by atoms with van der Waals surface area (Å²) >= 11 is 0. The van der Waals surface area contributed by atoms with E-state index in [2.05, 4.69) is 0 Å². The third kappa shape index (κ3) is 1.17. The summed E-state index contributed by atoms with van der Waals surface area (Å²) in [6, 6.07) is 0. The SMILES string of the molecule is OCC1CCC(CO)C2OC12. The van der Waals surface area contributed by atoms with Gasteiger partial charge in [0.25, 0.3) is 0 Å². The van der Waals surface area contributed by atoms with Gasteiger partial charge >= 0.3 is 0 Å². The maximum absolute atomic E-state index is 8.90. The molecule has 1 saturated carbocycles. The predicted molar refractivity (Wildman–Crippen MR) is 39.0 cm³/mol. The van der Waals surface area contributed by atoms with Crippen LogP contribution in [0.15, 0.2) is 0 Å². The van der Waals surface area contributed by atoms with Gasteiger partial charge in [-0.2, -0.15) is 0 Å². The minimum absolute atomic E-state index is 0.235. The average molecular weight is 158 g/mol. The normalized spacial score (nSPS) is 48.5. The van der Waals surface area contributed by atoms with Crippen molar-refractivity contribution in [2.24, 2.45) is 11.8 Å². The highest BCUT2D eigenvalue weighted by Gasteiger charge is 2.51. The molecule has 3 heteroatoms. The number of epoxide rings is 1. The van der Waals surface area contributed by atoms with E-state index in [1.54, 1.807) is 0 Å². The van der Waals surface area contributed by atoms with Crippen LogP contribution in [0.2, 0.25) is 0 Å². The Morgan fingerprint density at radius 1 is 1.00 bits per heavy atom. The molecular formula is C8H14O3. The number of fused-ring (bicyclic) bond motifs is 1. The van der Waals surface area contributed by atoms with Crippen molar-refractivity contribution < 1.29 is 14.9 Å². The van der Waals surface area contributed by atoms with E-state index in [4.69, 9.17) is 14.9 Å². The third-order valence-electron chi connectivity index (χ3n) is 2.87. The van der Waals surface area contributed by atoms with Crippen molar-refractivity contribution in [2.75, 3.05) is 13.2 Å². The fraction of sp³-hybridized carbons (Fsp3) is 1.00. The maximum Gasteiger partial charge on any atom is 0.0895 e. The molecule has 2 N–H and O–H groups in total. The van der Waals surface area contributed by atoms with Crippen LogP contribution in [0.1, 0.15) is 12.8 Å². The lowest BCUT2D eigenvalue weighted by atomic mass is 9.83. The molecule has 0 aromatic rings. The molecule has 1 aliphatic heterocycles. The second-order valence-electron chi connectivity index (χ2n) is 3.53. The fourth-order valence-corrected chi connectivity index (χ4v) is 2.04. The molecule has 0 amide bonds. The highest BCUT2D eigenvalue weighted by atomic mass is 16.6. The van der Waals surface area contributed by atoms with Crippen LogP contribution < -0.4 is 0 Å². The van der Waals surface area contributed by atoms with Gasteiger partial charge < -0.3 is 14.9 Å². The molecule has 2 rings (SSSR count). The van der Waals surface area contributed by atoms with Gasteiger partial charge in [-0.05, 0) is 12.8 Å². The Balaban J connectivity index is 1.92. The van der Waals surface area contributed by atoms with E-state index in [9.17, 15) is 0 Å². The summed E-state index contributed by atoms with van der Waals surface area (Å²) in [5, 5.41) is 17.8. The first-order valence-electron chi connectivity index (χ1n) is 4.24. The third-order valence-corrected chi connectivity index (χ3v) is 2.87. The summed E-state index contributed by atoms with van der Waals surface area (Å²) in [6.07, 6.45) is 2.52. The van der Waals surface area contributed by atoms with Crippen LogP contribution in [0.5, 0.6) is 0 Å². The Morgan fingerprint density at radius 2 is 1.45 bits per heavy atom. The molecule has 1 aliphatic carbocycles. The first-order valence-corrected chi connectivity index (χ1v) is 4.24. The van der Waals surface area contributed by atoms with E-state index >= 15 is 0 Å². The molecule has 4 atom stereocenters. The molecule has 3 nitrogen and oxygen atoms in total. The fourth-order valence-electron chi connectivity index (χ4n) is 2.04. The first kappa shape index (κ1) is 7.53. The molecule has 11 heavy (non-hydrogen) atoms. The number of ether oxygens (including phenoxy) is 1. The lowest BCUT2D eigenvalue weighted by molar-refractivity contribution is 0.155. The second-order valence-corrected chi connectivity index (χ2v) is 3.53. The number of aliphatic hydroxyl groups is 2. The Morgan fingerprint density at radius 3 is 1.82 bits per heavy atom. The molecule has 0 bridgehead atoms. The molecule has 0 aromatic heterocycles. The standard InChI is InChI=1S/C8H14O3/c9-3-5-1-2-6(4-10)8-7(5)11-8/h5-10H,1-4H2. The first-order chi connectivity index (χ1) is 5.36. The Bertz CT molecular complexity index is 132. The smallest absolute Gasteiger partial charge is 0.0895 e. The molecule has 2 aliphatic rings. The van der Waals surface area contributed by atoms with Gasteiger partial charge in [0.2, 0.25) is 0 Å². The van der Waals surface area contributed by atoms with Crippen LogP contribution in [0.4, 0.5) is 0 Å². The number of hydrogen-bond donors (Lipinski definition) is 2. The lowest BCUT2D eigenvalue weighted by Crippen LogP contribution is -2.27. The Kier molecular flexibility index (Phi) is 1.87. The van der Waals surface area contributed by atoms with Crippen LogP contribution >= 0.6 is 0 Å². The van der Waals surface area contributed by atoms with Crippen molar-refractivity contribution in [3.05, 3.63) is 0 Å². The van der Waals surface area contributed by atoms with Crippen LogP contribution in [-0.2, 0) is 4.74 Å². The molecule has 1 saturated heterocycles. The van der Waals surface area contributed by atoms with Crippen molar-refractivity contribution in [2.45, 2.75) is 25.0 Å². The topological polar surface area (TPSA) is 53.0 Å². The van der Waals surface area contributed by atoms with E-state index in [0.29, 0.717) is 11.8 Å². The Hall–Kier alpha value is -0.120. The summed E-state index contributed by atoms with van der Waals surface area (Å²) in [5.41, 5.74) is 0. The summed E-state index contributed by atoms with van der Waals surface area (Å²) in [7, 11) is 0. The molecule has 4 unspecified atom stereocenters. The minimum Gasteiger partial charge on any atom is -0.396 e. The second kappa shape index (κ2) is 2.73. The molecule has 2 fully saturated rings. The van der Waals surface area contributed by atoms with E-state index in [0.717, 1.165) is 12.8 Å². The van der Waals surface area contributed by atoms with Crippen LogP contribution in [0, 0.1) is 11.8 Å². The van der Waals surface area contributed by atoms with Crippen LogP contribution in [-0.4, -0.2) is 35.6 Å². The number of aliphatic hydroxyl groups excluding tert-OH is 2. The molecule has 0 radical (unpaired) electrons. The van der Waals surface area contributed by atoms with Crippen molar-refractivity contribution >= 4 is 0 Å². The van der Waals surface area contributed by atoms with Crippen molar-refractivity contribution in [3.8, 4) is 0 Å². The summed E-state index contributed by atoms with van der Waals surface area (Å²) in [6.45, 7) is 0.471. The van der Waals surface area contributed by atoms with Gasteiger partial charge in [-0.25, -0.2) is 0 Å². The predicted octanol–water partition coefficient (Wildman–Crippen LogP) is -0.235. The van der Waals surface area contributed by atoms with Crippen molar-refractivity contribution in [1.82, 2.24) is 0 Å². The van der Waals surface area contributed by atoms with Gasteiger partial charge in [0.1, 0.15) is 0 Å². The van der Waals surface area contributed by atoms with Gasteiger partial charge in [-0.1, -0.05) is 0 Å². The lowest BCUT2D eigenvalue weighted by Gasteiger charge is -2.21. The number of rotatable bonds is 2. The minimum atomic E-state index is 0.235. The van der Waals surface area contributed by atoms with Gasteiger partial charge in [-0.15, -0.1) is 0 Å². The quantitative estimate of drug-likeness (QED) is 0.545. The largest absolute Gasteiger partial charge is 0.396 e. The highest BCUT2D eigenvalue weighted by Crippen LogP contribution is 2.43. The molecule has 0 aromatic carbocycles. The summed E-state index contributed by atoms with van der Waals surface area (Å²) < 4.78 is 5.36. The molecule has 64 valence electrons. The Labute approximate surface area is 66.0 Å². The summed E-state index contributed by atoms with van der Waals surface area (Å²) in [4.78, 5) is 0. The van der Waals surface area contributed by atoms with E-state index in [1.807, 2.05) is 0 Å². The van der Waals surface area contributed by atoms with Crippen LogP contribution in [0.25, 0.3) is 0 Å². The zero-order valence-corrected chi connectivity index (χ0v) is 6.44. The summed E-state index contributed by atoms with van der Waals surface area (Å²) in [5.74, 6) is 0.672. The van der Waals surface area contributed by atoms with Gasteiger partial charge in [-0.3, -0.25) is 0 Å². The monoisotopic (exact) mass is 158 g/mol. The molecule has 0 spiro atoms.